The van der Waals surface area contributed by atoms with E-state index in [0.717, 1.165) is 0 Å². The average Bonchev–Trinajstić information content (AvgIpc) is 0.811. The molecule has 0 atom stereocenters. The molecule has 4 heteroatoms. The van der Waals surface area contributed by atoms with Crippen molar-refractivity contribution >= 4 is 16.8 Å². The third-order valence-electron chi connectivity index (χ3n) is 0. The van der Waals surface area contributed by atoms with E-state index in [0.29, 0.717) is 0 Å². The molecule has 32 valence electrons. The van der Waals surface area contributed by atoms with Gasteiger partial charge >= 0.3 is 0 Å². The first-order chi connectivity index (χ1) is 1.73. The fourth-order valence-corrected chi connectivity index (χ4v) is 0. The van der Waals surface area contributed by atoms with Crippen LogP contribution in [0.3, 0.4) is 0 Å². The highest BCUT2D eigenvalue weighted by atomic mass is 15.4. The van der Waals surface area contributed by atoms with Crippen molar-refractivity contribution in [3.8, 4) is 0 Å². The van der Waals surface area contributed by atoms with E-state index in [4.69, 9.17) is 5.84 Å². The minimum atomic E-state index is 0. The molecule has 0 aromatic carbocycles. The summed E-state index contributed by atoms with van der Waals surface area (Å²) in [6.45, 7) is 0. The molecule has 0 amide bonds. The maximum absolute atomic E-state index is 4.94. The highest BCUT2D eigenvalue weighted by Gasteiger charge is 1.57. The fraction of sp³-hybridized carbons (Fsp3) is 1.00. The van der Waals surface area contributed by atoms with Gasteiger partial charge in [-0.2, -0.15) is 0 Å². The third kappa shape index (κ3) is 15100. The third-order valence-corrected chi connectivity index (χ3v) is 0. The predicted octanol–water partition coefficient (Wildman–Crippen LogP) is -1.34. The molecular weight excluding hydrogens is 73.7 g/mol. The Labute approximate surface area is 42.8 Å². The van der Waals surface area contributed by atoms with Crippen LogP contribution < -0.4 is 5.84 Å². The van der Waals surface area contributed by atoms with Gasteiger partial charge in [0.15, 0.2) is 0 Å². The van der Waals surface area contributed by atoms with E-state index in [9.17, 15) is 0 Å². The van der Waals surface area contributed by atoms with E-state index >= 15 is 0 Å². The highest BCUT2D eigenvalue weighted by Crippen LogP contribution is 1.37. The summed E-state index contributed by atoms with van der Waals surface area (Å²) in [5.41, 5.74) is 0. The van der Waals surface area contributed by atoms with Gasteiger partial charge in [-0.1, -0.05) is 0 Å². The van der Waals surface area contributed by atoms with Crippen molar-refractivity contribution in [2.24, 2.45) is 5.84 Å². The van der Waals surface area contributed by atoms with Gasteiger partial charge in [0.1, 0.15) is 0 Å². The van der Waals surface area contributed by atoms with Crippen molar-refractivity contribution < 1.29 is 0 Å². The Morgan fingerprint density at radius 2 is 1.17 bits per heavy atom. The molecule has 0 spiro atoms. The molecule has 0 aliphatic heterocycles. The van der Waals surface area contributed by atoms with Gasteiger partial charge in [-0.3, -0.25) is 10.9 Å². The molecule has 6 heavy (non-hydrogen) atoms. The SMILES string of the molecule is CN(C)N.[B].[B]. The van der Waals surface area contributed by atoms with Crippen LogP contribution in [0.25, 0.3) is 0 Å². The van der Waals surface area contributed by atoms with E-state index in [1.807, 2.05) is 0 Å². The number of hydrogen-bond acceptors (Lipinski definition) is 2. The van der Waals surface area contributed by atoms with Crippen LogP contribution >= 0.6 is 0 Å². The summed E-state index contributed by atoms with van der Waals surface area (Å²) < 4.78 is 0. The molecule has 0 aliphatic rings. The maximum Gasteiger partial charge on any atom is 0.00105 e. The molecule has 2 nitrogen and oxygen atoms in total. The van der Waals surface area contributed by atoms with Crippen LogP contribution in [0.2, 0.25) is 0 Å². The minimum absolute atomic E-state index is 0. The fourth-order valence-electron chi connectivity index (χ4n) is 0. The normalized spacial score (nSPS) is 6.00. The second-order valence-corrected chi connectivity index (χ2v) is 0.964. The first-order valence-corrected chi connectivity index (χ1v) is 1.15. The summed E-state index contributed by atoms with van der Waals surface area (Å²) >= 11 is 0. The first kappa shape index (κ1) is 16.6. The zero-order valence-electron chi connectivity index (χ0n) is 4.18. The number of hydrogen-bond donors (Lipinski definition) is 1. The Hall–Kier alpha value is 0.0499. The Morgan fingerprint density at radius 3 is 1.17 bits per heavy atom. The van der Waals surface area contributed by atoms with Gasteiger partial charge in [-0.25, -0.2) is 0 Å². The molecule has 6 radical (unpaired) electrons. The molecule has 0 unspecified atom stereocenters. The predicted molar refractivity (Wildman–Crippen MR) is 29.4 cm³/mol. The van der Waals surface area contributed by atoms with Crippen molar-refractivity contribution in [3.05, 3.63) is 0 Å². The minimum Gasteiger partial charge on any atom is -0.269 e. The quantitative estimate of drug-likeness (QED) is 0.222. The molecule has 0 aliphatic carbocycles. The summed E-state index contributed by atoms with van der Waals surface area (Å²) in [6, 6.07) is 0. The topological polar surface area (TPSA) is 29.3 Å². The zero-order chi connectivity index (χ0) is 3.58. The van der Waals surface area contributed by atoms with Crippen molar-refractivity contribution in [1.29, 1.82) is 0 Å². The monoisotopic (exact) mass is 82.1 g/mol. The maximum atomic E-state index is 4.94. The van der Waals surface area contributed by atoms with Crippen molar-refractivity contribution in [2.75, 3.05) is 14.1 Å². The number of rotatable bonds is 0. The van der Waals surface area contributed by atoms with E-state index < -0.39 is 0 Å². The number of hydrazine groups is 1. The second kappa shape index (κ2) is 8.90. The van der Waals surface area contributed by atoms with Gasteiger partial charge < -0.3 is 0 Å². The lowest BCUT2D eigenvalue weighted by molar-refractivity contribution is 0.432. The Bertz CT molecular complexity index is 14.3. The van der Waals surface area contributed by atoms with Crippen molar-refractivity contribution in [2.45, 2.75) is 0 Å². The first-order valence-electron chi connectivity index (χ1n) is 1.15. The largest absolute Gasteiger partial charge is 0.269 e. The van der Waals surface area contributed by atoms with Gasteiger partial charge in [0, 0.05) is 30.9 Å². The molecule has 0 aromatic heterocycles. The molecule has 0 fully saturated rings. The molecule has 0 heterocycles. The van der Waals surface area contributed by atoms with Crippen molar-refractivity contribution in [3.63, 3.8) is 0 Å². The zero-order valence-corrected chi connectivity index (χ0v) is 4.18. The number of nitrogens with two attached hydrogens (primary N) is 1. The van der Waals surface area contributed by atoms with Crippen LogP contribution in [0.1, 0.15) is 0 Å². The Morgan fingerprint density at radius 1 is 1.17 bits per heavy atom. The van der Waals surface area contributed by atoms with Crippen LogP contribution in [-0.4, -0.2) is 35.9 Å². The van der Waals surface area contributed by atoms with Gasteiger partial charge in [0.25, 0.3) is 0 Å². The van der Waals surface area contributed by atoms with Gasteiger partial charge in [0.05, 0.1) is 0 Å². The van der Waals surface area contributed by atoms with E-state index in [1.54, 1.807) is 14.1 Å². The second-order valence-electron chi connectivity index (χ2n) is 0.964. The van der Waals surface area contributed by atoms with Gasteiger partial charge in [-0.05, 0) is 0 Å². The molecule has 0 bridgehead atoms. The lowest BCUT2D eigenvalue weighted by Gasteiger charge is -1.91. The molecule has 0 aromatic rings. The molecule has 0 rings (SSSR count). The summed E-state index contributed by atoms with van der Waals surface area (Å²) in [7, 11) is 3.56. The van der Waals surface area contributed by atoms with Crippen LogP contribution in [0.5, 0.6) is 0 Å². The van der Waals surface area contributed by atoms with Crippen LogP contribution in [0.4, 0.5) is 0 Å². The van der Waals surface area contributed by atoms with Gasteiger partial charge in [-0.15, -0.1) is 0 Å². The molecule has 0 saturated heterocycles. The Balaban J connectivity index is -0.0000000450. The van der Waals surface area contributed by atoms with E-state index in [-0.39, 0.29) is 16.8 Å². The smallest absolute Gasteiger partial charge is 0.00105 e. The average molecular weight is 81.7 g/mol. The van der Waals surface area contributed by atoms with Crippen LogP contribution in [-0.2, 0) is 0 Å². The van der Waals surface area contributed by atoms with Crippen LogP contribution in [0, 0.1) is 0 Å². The van der Waals surface area contributed by atoms with Gasteiger partial charge in [0.2, 0.25) is 0 Å². The summed E-state index contributed by atoms with van der Waals surface area (Å²) in [6.07, 6.45) is 0. The molecule has 0 saturated carbocycles. The summed E-state index contributed by atoms with van der Waals surface area (Å²) in [5.74, 6) is 4.94. The standard InChI is InChI=1S/C2H8N2.2B/c1-4(2)3;;/h3H2,1-2H3;;. The van der Waals surface area contributed by atoms with Crippen molar-refractivity contribution in [1.82, 2.24) is 5.01 Å². The van der Waals surface area contributed by atoms with E-state index in [2.05, 4.69) is 0 Å². The summed E-state index contributed by atoms with van der Waals surface area (Å²) in [4.78, 5) is 0. The van der Waals surface area contributed by atoms with Crippen LogP contribution in [0.15, 0.2) is 0 Å². The summed E-state index contributed by atoms with van der Waals surface area (Å²) in [5, 5.41) is 1.50. The number of nitrogens with zero attached hydrogens (tertiary/aromatic N) is 1. The molecule has 2 N–H and O–H groups in total. The lowest BCUT2D eigenvalue weighted by Crippen LogP contribution is -2.18. The Kier molecular flexibility index (Phi) is 24.6. The lowest BCUT2D eigenvalue weighted by atomic mass is 10.8. The molecular formula is C2H8B2N2. The van der Waals surface area contributed by atoms with E-state index in [1.165, 1.54) is 5.01 Å². The highest BCUT2D eigenvalue weighted by molar-refractivity contribution is 5.76.